The summed E-state index contributed by atoms with van der Waals surface area (Å²) in [5, 5.41) is 4.57. The molecule has 3 rings (SSSR count). The molecular weight excluding hydrogens is 279 g/mol. The Morgan fingerprint density at radius 2 is 1.59 bits per heavy atom. The Morgan fingerprint density at radius 1 is 1.00 bits per heavy atom. The molecule has 116 valence electrons. The molecule has 1 aromatic heterocycles. The van der Waals surface area contributed by atoms with Crippen molar-refractivity contribution in [3.63, 3.8) is 0 Å². The molecule has 0 N–H and O–H groups in total. The van der Waals surface area contributed by atoms with Crippen LogP contribution in [0.25, 0.3) is 5.69 Å². The number of methoxy groups -OCH3 is 1. The first kappa shape index (κ1) is 15.1. The third-order valence-corrected chi connectivity index (χ3v) is 4.44. The Labute approximate surface area is 131 Å². The zero-order chi connectivity index (χ0) is 16.0. The van der Waals surface area contributed by atoms with E-state index in [1.165, 1.54) is 0 Å². The van der Waals surface area contributed by atoms with Crippen LogP contribution < -0.4 is 10.3 Å². The maximum Gasteiger partial charge on any atom is 0.516 e. The molecule has 1 aliphatic rings. The number of rotatable bonds is 3. The van der Waals surface area contributed by atoms with Gasteiger partial charge < -0.3 is 14.0 Å². The van der Waals surface area contributed by atoms with Crippen molar-refractivity contribution in [2.24, 2.45) is 0 Å². The van der Waals surface area contributed by atoms with Crippen LogP contribution in [0.15, 0.2) is 36.5 Å². The highest BCUT2D eigenvalue weighted by atomic mass is 16.7. The van der Waals surface area contributed by atoms with E-state index in [0.29, 0.717) is 0 Å². The van der Waals surface area contributed by atoms with Crippen molar-refractivity contribution in [3.05, 3.63) is 36.5 Å². The van der Waals surface area contributed by atoms with Gasteiger partial charge in [-0.3, -0.25) is 0 Å². The van der Waals surface area contributed by atoms with Crippen molar-refractivity contribution >= 4 is 12.7 Å². The van der Waals surface area contributed by atoms with Gasteiger partial charge in [0.15, 0.2) is 0 Å². The molecule has 5 nitrogen and oxygen atoms in total. The van der Waals surface area contributed by atoms with Crippen LogP contribution in [0.3, 0.4) is 0 Å². The lowest BCUT2D eigenvalue weighted by Gasteiger charge is -2.32. The molecule has 0 spiro atoms. The summed E-state index contributed by atoms with van der Waals surface area (Å²) in [5.41, 5.74) is 1.02. The highest BCUT2D eigenvalue weighted by molar-refractivity contribution is 6.61. The van der Waals surface area contributed by atoms with Gasteiger partial charge in [0.25, 0.3) is 0 Å². The number of hydrogen-bond acceptors (Lipinski definition) is 4. The van der Waals surface area contributed by atoms with Gasteiger partial charge in [-0.15, -0.1) is 0 Å². The Kier molecular flexibility index (Phi) is 3.53. The van der Waals surface area contributed by atoms with Crippen molar-refractivity contribution in [2.75, 3.05) is 7.11 Å². The molecule has 22 heavy (non-hydrogen) atoms. The zero-order valence-electron chi connectivity index (χ0n) is 13.7. The minimum Gasteiger partial charge on any atom is -0.497 e. The monoisotopic (exact) mass is 300 g/mol. The predicted molar refractivity (Wildman–Crippen MR) is 85.8 cm³/mol. The fourth-order valence-electron chi connectivity index (χ4n) is 2.31. The third-order valence-electron chi connectivity index (χ3n) is 4.44. The molecule has 0 saturated carbocycles. The van der Waals surface area contributed by atoms with Crippen LogP contribution in [0.1, 0.15) is 27.7 Å². The number of ether oxygens (including phenoxy) is 1. The van der Waals surface area contributed by atoms with Crippen LogP contribution in [0.5, 0.6) is 5.75 Å². The quantitative estimate of drug-likeness (QED) is 0.815. The average molecular weight is 300 g/mol. The van der Waals surface area contributed by atoms with E-state index in [-0.39, 0.29) is 11.2 Å². The molecule has 0 unspecified atom stereocenters. The van der Waals surface area contributed by atoms with Gasteiger partial charge >= 0.3 is 7.12 Å². The van der Waals surface area contributed by atoms with Gasteiger partial charge in [-0.2, -0.15) is 5.10 Å². The molecule has 1 aromatic carbocycles. The first-order valence-electron chi connectivity index (χ1n) is 7.38. The van der Waals surface area contributed by atoms with Crippen LogP contribution in [0, 0.1) is 0 Å². The van der Waals surface area contributed by atoms with Gasteiger partial charge in [-0.25, -0.2) is 4.68 Å². The van der Waals surface area contributed by atoms with E-state index >= 15 is 0 Å². The molecule has 0 bridgehead atoms. The average Bonchev–Trinajstić information content (AvgIpc) is 3.03. The Bertz CT molecular complexity index is 648. The maximum atomic E-state index is 6.02. The van der Waals surface area contributed by atoms with Crippen molar-refractivity contribution in [1.82, 2.24) is 9.78 Å². The fourth-order valence-corrected chi connectivity index (χ4v) is 2.31. The zero-order valence-corrected chi connectivity index (χ0v) is 13.7. The highest BCUT2D eigenvalue weighted by Gasteiger charge is 2.52. The van der Waals surface area contributed by atoms with E-state index in [1.54, 1.807) is 11.8 Å². The molecule has 0 amide bonds. The summed E-state index contributed by atoms with van der Waals surface area (Å²) in [7, 11) is 1.21. The van der Waals surface area contributed by atoms with E-state index in [9.17, 15) is 0 Å². The van der Waals surface area contributed by atoms with Gasteiger partial charge in [0, 0.05) is 6.20 Å². The Morgan fingerprint density at radius 3 is 2.14 bits per heavy atom. The lowest BCUT2D eigenvalue weighted by atomic mass is 9.85. The molecule has 2 heterocycles. The number of nitrogens with zero attached hydrogens (tertiary/aromatic N) is 2. The summed E-state index contributed by atoms with van der Waals surface area (Å²) in [4.78, 5) is 0. The van der Waals surface area contributed by atoms with Gasteiger partial charge in [-0.05, 0) is 58.0 Å². The summed E-state index contributed by atoms with van der Waals surface area (Å²) in [5.74, 6) is 0.821. The second kappa shape index (κ2) is 5.14. The van der Waals surface area contributed by atoms with Crippen molar-refractivity contribution in [3.8, 4) is 11.4 Å². The normalized spacial score (nSPS) is 19.4. The van der Waals surface area contributed by atoms with Crippen LogP contribution >= 0.6 is 0 Å². The summed E-state index contributed by atoms with van der Waals surface area (Å²) in [6, 6.07) is 9.66. The smallest absolute Gasteiger partial charge is 0.497 e. The van der Waals surface area contributed by atoms with Crippen LogP contribution in [0.4, 0.5) is 0 Å². The number of aromatic nitrogens is 2. The first-order chi connectivity index (χ1) is 10.3. The summed E-state index contributed by atoms with van der Waals surface area (Å²) in [6.07, 6.45) is 1.90. The Balaban J connectivity index is 1.82. The van der Waals surface area contributed by atoms with E-state index in [2.05, 4.69) is 5.10 Å². The van der Waals surface area contributed by atoms with Crippen molar-refractivity contribution < 1.29 is 14.0 Å². The standard InChI is InChI=1S/C16H21BN2O3/c1-15(2)16(3,4)22-17(21-15)14-10-11-19(18-14)12-6-8-13(20-5)9-7-12/h6-11H,1-5H3. The topological polar surface area (TPSA) is 45.5 Å². The van der Waals surface area contributed by atoms with Gasteiger partial charge in [-0.1, -0.05) is 0 Å². The van der Waals surface area contributed by atoms with Crippen molar-refractivity contribution in [2.45, 2.75) is 38.9 Å². The van der Waals surface area contributed by atoms with Crippen LogP contribution in [-0.4, -0.2) is 35.2 Å². The third kappa shape index (κ3) is 2.53. The molecule has 0 aliphatic carbocycles. The lowest BCUT2D eigenvalue weighted by Crippen LogP contribution is -2.41. The van der Waals surface area contributed by atoms with E-state index in [4.69, 9.17) is 14.0 Å². The summed E-state index contributed by atoms with van der Waals surface area (Å²) < 4.78 is 19.0. The SMILES string of the molecule is COc1ccc(-n2ccc(B3OC(C)(C)C(C)(C)O3)n2)cc1. The van der Waals surface area contributed by atoms with Gasteiger partial charge in [0.05, 0.1) is 29.6 Å². The van der Waals surface area contributed by atoms with E-state index in [0.717, 1.165) is 17.0 Å². The van der Waals surface area contributed by atoms with Gasteiger partial charge in [0.1, 0.15) is 5.75 Å². The fraction of sp³-hybridized carbons (Fsp3) is 0.438. The summed E-state index contributed by atoms with van der Waals surface area (Å²) >= 11 is 0. The predicted octanol–water partition coefficient (Wildman–Crippen LogP) is 2.18. The molecule has 0 atom stereocenters. The lowest BCUT2D eigenvalue weighted by molar-refractivity contribution is 0.00578. The first-order valence-corrected chi connectivity index (χ1v) is 7.38. The summed E-state index contributed by atoms with van der Waals surface area (Å²) in [6.45, 7) is 8.14. The second-order valence-electron chi connectivity index (χ2n) is 6.47. The molecule has 1 fully saturated rings. The molecular formula is C16H21BN2O3. The molecule has 2 aromatic rings. The Hall–Kier alpha value is -1.79. The minimum absolute atomic E-state index is 0.360. The van der Waals surface area contributed by atoms with E-state index < -0.39 is 7.12 Å². The highest BCUT2D eigenvalue weighted by Crippen LogP contribution is 2.36. The molecule has 6 heteroatoms. The minimum atomic E-state index is -0.440. The number of hydrogen-bond donors (Lipinski definition) is 0. The van der Waals surface area contributed by atoms with Gasteiger partial charge in [0.2, 0.25) is 0 Å². The number of benzene rings is 1. The largest absolute Gasteiger partial charge is 0.516 e. The van der Waals surface area contributed by atoms with E-state index in [1.807, 2.05) is 64.2 Å². The molecule has 0 radical (unpaired) electrons. The second-order valence-corrected chi connectivity index (χ2v) is 6.47. The van der Waals surface area contributed by atoms with Crippen LogP contribution in [-0.2, 0) is 9.31 Å². The van der Waals surface area contributed by atoms with Crippen LogP contribution in [0.2, 0.25) is 0 Å². The molecule has 1 aliphatic heterocycles. The maximum absolute atomic E-state index is 6.02. The molecule has 1 saturated heterocycles. The van der Waals surface area contributed by atoms with Crippen molar-refractivity contribution in [1.29, 1.82) is 0 Å².